The first kappa shape index (κ1) is 23.0. The number of carbonyl (C=O) groups excluding carboxylic acids is 1. The summed E-state index contributed by atoms with van der Waals surface area (Å²) in [5.74, 6) is -0.288. The van der Waals surface area contributed by atoms with Gasteiger partial charge in [0.25, 0.3) is 0 Å². The zero-order valence-electron chi connectivity index (χ0n) is 17.6. The lowest BCUT2D eigenvalue weighted by atomic mass is 9.97. The second-order valence-electron chi connectivity index (χ2n) is 7.76. The van der Waals surface area contributed by atoms with E-state index in [9.17, 15) is 18.0 Å². The molecule has 10 heteroatoms. The molecule has 32 heavy (non-hydrogen) atoms. The third kappa shape index (κ3) is 4.61. The van der Waals surface area contributed by atoms with Crippen molar-refractivity contribution in [2.24, 2.45) is 5.92 Å². The van der Waals surface area contributed by atoms with Crippen LogP contribution < -0.4 is 10.2 Å². The van der Waals surface area contributed by atoms with Crippen molar-refractivity contribution in [2.75, 3.05) is 13.1 Å². The molecule has 0 radical (unpaired) electrons. The Kier molecular flexibility index (Phi) is 6.71. The molecule has 1 aliphatic heterocycles. The highest BCUT2D eigenvalue weighted by Gasteiger charge is 2.32. The van der Waals surface area contributed by atoms with E-state index in [2.05, 4.69) is 5.32 Å². The number of piperidine rings is 1. The van der Waals surface area contributed by atoms with Gasteiger partial charge in [-0.3, -0.25) is 14.2 Å². The minimum absolute atomic E-state index is 0.0656. The summed E-state index contributed by atoms with van der Waals surface area (Å²) in [6.07, 6.45) is 0.931. The van der Waals surface area contributed by atoms with Crippen molar-refractivity contribution in [3.63, 3.8) is 0 Å². The maximum atomic E-state index is 13.1. The summed E-state index contributed by atoms with van der Waals surface area (Å²) in [4.78, 5) is 24.7. The number of nitrogens with zero attached hydrogens (tertiary/aromatic N) is 2. The summed E-state index contributed by atoms with van der Waals surface area (Å²) < 4.78 is 30.0. The average molecular weight is 494 g/mol. The summed E-state index contributed by atoms with van der Waals surface area (Å²) >= 11 is 6.93. The molecule has 0 atom stereocenters. The number of thiazole rings is 1. The molecule has 3 aromatic rings. The fraction of sp³-hybridized carbons (Fsp3) is 0.364. The number of hydrogen-bond acceptors (Lipinski definition) is 5. The Morgan fingerprint density at radius 1 is 1.16 bits per heavy atom. The molecule has 7 nitrogen and oxygen atoms in total. The van der Waals surface area contributed by atoms with E-state index in [0.29, 0.717) is 35.7 Å². The van der Waals surface area contributed by atoms with Crippen LogP contribution in [0.4, 0.5) is 0 Å². The topological polar surface area (TPSA) is 88.5 Å². The van der Waals surface area contributed by atoms with Gasteiger partial charge in [-0.15, -0.1) is 0 Å². The smallest absolute Gasteiger partial charge is 0.308 e. The number of carbonyl (C=O) groups is 1. The Morgan fingerprint density at radius 3 is 2.50 bits per heavy atom. The number of aromatic nitrogens is 1. The quantitative estimate of drug-likeness (QED) is 0.569. The van der Waals surface area contributed by atoms with Gasteiger partial charge in [0, 0.05) is 37.1 Å². The molecule has 1 aromatic heterocycles. The zero-order valence-corrected chi connectivity index (χ0v) is 20.0. The highest BCUT2D eigenvalue weighted by Crippen LogP contribution is 2.27. The fourth-order valence-electron chi connectivity index (χ4n) is 3.95. The number of hydrogen-bond donors (Lipinski definition) is 1. The summed E-state index contributed by atoms with van der Waals surface area (Å²) in [5, 5.41) is 3.57. The molecule has 2 aromatic carbocycles. The van der Waals surface area contributed by atoms with E-state index in [-0.39, 0.29) is 34.7 Å². The van der Waals surface area contributed by atoms with Crippen molar-refractivity contribution in [3.8, 4) is 0 Å². The van der Waals surface area contributed by atoms with Gasteiger partial charge >= 0.3 is 4.87 Å². The predicted molar refractivity (Wildman–Crippen MR) is 127 cm³/mol. The lowest BCUT2D eigenvalue weighted by Crippen LogP contribution is -2.42. The molecule has 0 saturated carbocycles. The Morgan fingerprint density at radius 2 is 1.84 bits per heavy atom. The van der Waals surface area contributed by atoms with Gasteiger partial charge in [0.05, 0.1) is 15.1 Å². The Hall–Kier alpha value is -2.20. The largest absolute Gasteiger partial charge is 0.352 e. The highest BCUT2D eigenvalue weighted by molar-refractivity contribution is 7.89. The number of rotatable bonds is 6. The number of benzene rings is 2. The molecule has 0 bridgehead atoms. The normalized spacial score (nSPS) is 15.8. The van der Waals surface area contributed by atoms with Crippen LogP contribution in [0.15, 0.2) is 52.2 Å². The van der Waals surface area contributed by atoms with E-state index >= 15 is 0 Å². The fourth-order valence-corrected chi connectivity index (χ4v) is 6.64. The third-order valence-corrected chi connectivity index (χ3v) is 8.89. The van der Waals surface area contributed by atoms with Crippen molar-refractivity contribution >= 4 is 49.1 Å². The lowest BCUT2D eigenvalue weighted by molar-refractivity contribution is -0.126. The van der Waals surface area contributed by atoms with Gasteiger partial charge in [0.2, 0.25) is 15.9 Å². The van der Waals surface area contributed by atoms with Crippen molar-refractivity contribution in [1.29, 1.82) is 0 Å². The van der Waals surface area contributed by atoms with Crippen LogP contribution in [-0.2, 0) is 27.9 Å². The first-order chi connectivity index (χ1) is 15.3. The van der Waals surface area contributed by atoms with Crippen molar-refractivity contribution < 1.29 is 13.2 Å². The van der Waals surface area contributed by atoms with Crippen LogP contribution in [-0.4, -0.2) is 36.3 Å². The van der Waals surface area contributed by atoms with Crippen molar-refractivity contribution in [3.05, 3.63) is 62.7 Å². The Bertz CT molecular complexity index is 1290. The second-order valence-corrected chi connectivity index (χ2v) is 11.1. The van der Waals surface area contributed by atoms with Crippen LogP contribution in [0.3, 0.4) is 0 Å². The SMILES string of the molecule is CCn1c(=O)sc2cc(S(=O)(=O)N3CCC(C(=O)NCc4ccc(Cl)cc4)CC3)ccc21. The summed E-state index contributed by atoms with van der Waals surface area (Å²) in [6.45, 7) is 3.40. The molecule has 0 aliphatic carbocycles. The van der Waals surface area contributed by atoms with Crippen molar-refractivity contribution in [2.45, 2.75) is 37.8 Å². The van der Waals surface area contributed by atoms with Crippen LogP contribution >= 0.6 is 22.9 Å². The van der Waals surface area contributed by atoms with Crippen LogP contribution in [0.25, 0.3) is 10.2 Å². The molecule has 1 fully saturated rings. The molecule has 170 valence electrons. The summed E-state index contributed by atoms with van der Waals surface area (Å²) in [5.41, 5.74) is 1.70. The van der Waals surface area contributed by atoms with E-state index in [4.69, 9.17) is 11.6 Å². The molecule has 1 saturated heterocycles. The molecule has 1 N–H and O–H groups in total. The lowest BCUT2D eigenvalue weighted by Gasteiger charge is -2.30. The van der Waals surface area contributed by atoms with Crippen LogP contribution in [0.2, 0.25) is 5.02 Å². The Labute approximate surface area is 195 Å². The molecule has 0 spiro atoms. The molecule has 2 heterocycles. The second kappa shape index (κ2) is 9.35. The first-order valence-corrected chi connectivity index (χ1v) is 13.1. The summed E-state index contributed by atoms with van der Waals surface area (Å²) in [6, 6.07) is 12.1. The predicted octanol–water partition coefficient (Wildman–Crippen LogP) is 3.45. The number of fused-ring (bicyclic) bond motifs is 1. The van der Waals surface area contributed by atoms with E-state index in [1.807, 2.05) is 19.1 Å². The van der Waals surface area contributed by atoms with Gasteiger partial charge in [0.1, 0.15) is 0 Å². The molecule has 4 rings (SSSR count). The van der Waals surface area contributed by atoms with Crippen molar-refractivity contribution in [1.82, 2.24) is 14.2 Å². The average Bonchev–Trinajstić information content (AvgIpc) is 3.12. The minimum Gasteiger partial charge on any atom is -0.352 e. The van der Waals surface area contributed by atoms with Crippen LogP contribution in [0.5, 0.6) is 0 Å². The van der Waals surface area contributed by atoms with Crippen LogP contribution in [0, 0.1) is 5.92 Å². The zero-order chi connectivity index (χ0) is 22.9. The molecule has 1 amide bonds. The Balaban J connectivity index is 1.39. The molecule has 1 aliphatic rings. The van der Waals surface area contributed by atoms with Gasteiger partial charge in [-0.25, -0.2) is 8.42 Å². The number of nitrogens with one attached hydrogen (secondary N) is 1. The number of sulfonamides is 1. The molecule has 0 unspecified atom stereocenters. The number of amides is 1. The van der Waals surface area contributed by atoms with E-state index in [1.165, 1.54) is 4.31 Å². The van der Waals surface area contributed by atoms with Gasteiger partial charge in [-0.2, -0.15) is 4.31 Å². The first-order valence-electron chi connectivity index (χ1n) is 10.5. The number of aryl methyl sites for hydroxylation is 1. The van der Waals surface area contributed by atoms with E-state index in [0.717, 1.165) is 22.4 Å². The standard InChI is InChI=1S/C22H24ClN3O4S2/c1-2-26-19-8-7-18(13-20(19)31-22(26)28)32(29,30)25-11-9-16(10-12-25)21(27)24-14-15-3-5-17(23)6-4-15/h3-8,13,16H,2,9-12,14H2,1H3,(H,24,27). The molecular weight excluding hydrogens is 470 g/mol. The van der Waals surface area contributed by atoms with Gasteiger partial charge < -0.3 is 5.32 Å². The maximum absolute atomic E-state index is 13.1. The van der Waals surface area contributed by atoms with Gasteiger partial charge in [-0.05, 0) is 55.7 Å². The van der Waals surface area contributed by atoms with E-state index < -0.39 is 10.0 Å². The van der Waals surface area contributed by atoms with E-state index in [1.54, 1.807) is 34.9 Å². The monoisotopic (exact) mass is 493 g/mol. The maximum Gasteiger partial charge on any atom is 0.308 e. The summed E-state index contributed by atoms with van der Waals surface area (Å²) in [7, 11) is -3.69. The molecular formula is C22H24ClN3O4S2. The van der Waals surface area contributed by atoms with Gasteiger partial charge in [-0.1, -0.05) is 35.1 Å². The third-order valence-electron chi connectivity index (χ3n) is 5.80. The van der Waals surface area contributed by atoms with Crippen LogP contribution in [0.1, 0.15) is 25.3 Å². The number of halogens is 1. The minimum atomic E-state index is -3.69. The highest BCUT2D eigenvalue weighted by atomic mass is 35.5. The van der Waals surface area contributed by atoms with Gasteiger partial charge in [0.15, 0.2) is 0 Å².